The Balaban J connectivity index is 2.86. The first kappa shape index (κ1) is 17.8. The number of aliphatic hydroxyl groups excluding tert-OH is 1. The highest BCUT2D eigenvalue weighted by Crippen LogP contribution is 1.97. The lowest BCUT2D eigenvalue weighted by atomic mass is 10.2. The summed E-state index contributed by atoms with van der Waals surface area (Å²) in [7, 11) is 1.66. The van der Waals surface area contributed by atoms with Crippen LogP contribution in [0.5, 0.6) is 0 Å². The van der Waals surface area contributed by atoms with Crippen LogP contribution in [0.15, 0.2) is 0 Å². The fourth-order valence-electron chi connectivity index (χ4n) is 1.45. The molecule has 5 heteroatoms. The second-order valence-electron chi connectivity index (χ2n) is 4.11. The van der Waals surface area contributed by atoms with Gasteiger partial charge < -0.3 is 24.6 Å². The second-order valence-corrected chi connectivity index (χ2v) is 4.11. The topological polar surface area (TPSA) is 60.0 Å². The van der Waals surface area contributed by atoms with Crippen molar-refractivity contribution in [2.75, 3.05) is 59.8 Å². The average Bonchev–Trinajstić information content (AvgIpc) is 2.39. The summed E-state index contributed by atoms with van der Waals surface area (Å²) < 4.78 is 15.5. The molecular formula is C13H29NO4. The minimum Gasteiger partial charge on any atom is -0.396 e. The number of rotatable bonds is 15. The molecule has 0 spiro atoms. The van der Waals surface area contributed by atoms with Gasteiger partial charge in [0.15, 0.2) is 0 Å². The Morgan fingerprint density at radius 3 is 2.17 bits per heavy atom. The summed E-state index contributed by atoms with van der Waals surface area (Å²) in [5, 5.41) is 11.9. The van der Waals surface area contributed by atoms with Crippen molar-refractivity contribution in [2.45, 2.75) is 25.7 Å². The minimum atomic E-state index is 0.313. The lowest BCUT2D eigenvalue weighted by molar-refractivity contribution is 0.0256. The highest BCUT2D eigenvalue weighted by atomic mass is 16.5. The first-order valence-corrected chi connectivity index (χ1v) is 6.87. The van der Waals surface area contributed by atoms with Crippen molar-refractivity contribution < 1.29 is 19.3 Å². The lowest BCUT2D eigenvalue weighted by Gasteiger charge is -2.06. The summed E-state index contributed by atoms with van der Waals surface area (Å²) in [6.45, 7) is 5.49. The number of aliphatic hydroxyl groups is 1. The predicted octanol–water partition coefficient (Wildman–Crippen LogP) is 0.808. The van der Waals surface area contributed by atoms with E-state index >= 15 is 0 Å². The van der Waals surface area contributed by atoms with Gasteiger partial charge in [0, 0.05) is 20.3 Å². The Kier molecular flexibility index (Phi) is 16.6. The normalized spacial score (nSPS) is 11.0. The van der Waals surface area contributed by atoms with Crippen molar-refractivity contribution in [1.82, 2.24) is 5.32 Å². The zero-order chi connectivity index (χ0) is 13.3. The van der Waals surface area contributed by atoms with E-state index in [1.807, 2.05) is 0 Å². The van der Waals surface area contributed by atoms with Gasteiger partial charge in [-0.1, -0.05) is 12.8 Å². The molecule has 0 aliphatic carbocycles. The van der Waals surface area contributed by atoms with Gasteiger partial charge >= 0.3 is 0 Å². The minimum absolute atomic E-state index is 0.313. The number of hydrogen-bond acceptors (Lipinski definition) is 5. The third-order valence-corrected chi connectivity index (χ3v) is 2.49. The third-order valence-electron chi connectivity index (χ3n) is 2.49. The summed E-state index contributed by atoms with van der Waals surface area (Å²) in [5.41, 5.74) is 0. The quantitative estimate of drug-likeness (QED) is 0.428. The standard InChI is InChI=1S/C13H29NO4/c1-16-10-11-18-13-12-17-9-7-14-6-4-2-3-5-8-15/h14-15H,2-13H2,1H3. The van der Waals surface area contributed by atoms with Gasteiger partial charge in [-0.15, -0.1) is 0 Å². The Morgan fingerprint density at radius 1 is 0.778 bits per heavy atom. The van der Waals surface area contributed by atoms with Crippen LogP contribution in [0.3, 0.4) is 0 Å². The molecule has 18 heavy (non-hydrogen) atoms. The van der Waals surface area contributed by atoms with Gasteiger partial charge in [-0.25, -0.2) is 0 Å². The van der Waals surface area contributed by atoms with Gasteiger partial charge in [0.05, 0.1) is 33.0 Å². The second kappa shape index (κ2) is 16.8. The van der Waals surface area contributed by atoms with Crippen molar-refractivity contribution in [1.29, 1.82) is 0 Å². The molecule has 110 valence electrons. The molecule has 5 nitrogen and oxygen atoms in total. The summed E-state index contributed by atoms with van der Waals surface area (Å²) in [5.74, 6) is 0. The molecular weight excluding hydrogens is 234 g/mol. The van der Waals surface area contributed by atoms with Crippen LogP contribution in [-0.2, 0) is 14.2 Å². The first-order chi connectivity index (χ1) is 8.91. The summed E-state index contributed by atoms with van der Waals surface area (Å²) in [6.07, 6.45) is 4.39. The van der Waals surface area contributed by atoms with Crippen LogP contribution in [0.2, 0.25) is 0 Å². The van der Waals surface area contributed by atoms with Gasteiger partial charge in [0.1, 0.15) is 0 Å². The van der Waals surface area contributed by atoms with Gasteiger partial charge in [-0.3, -0.25) is 0 Å². The zero-order valence-electron chi connectivity index (χ0n) is 11.7. The van der Waals surface area contributed by atoms with E-state index in [0.717, 1.165) is 32.5 Å². The third kappa shape index (κ3) is 15.8. The SMILES string of the molecule is COCCOCCOCCNCCCCCCO. The molecule has 0 aromatic heterocycles. The van der Waals surface area contributed by atoms with Crippen LogP contribution >= 0.6 is 0 Å². The van der Waals surface area contributed by atoms with E-state index in [1.54, 1.807) is 7.11 Å². The van der Waals surface area contributed by atoms with Crippen LogP contribution in [0.25, 0.3) is 0 Å². The van der Waals surface area contributed by atoms with E-state index in [0.29, 0.717) is 33.0 Å². The van der Waals surface area contributed by atoms with Gasteiger partial charge in [-0.2, -0.15) is 0 Å². The van der Waals surface area contributed by atoms with E-state index in [1.165, 1.54) is 12.8 Å². The van der Waals surface area contributed by atoms with Crippen LogP contribution < -0.4 is 5.32 Å². The molecule has 0 aliphatic rings. The lowest BCUT2D eigenvalue weighted by Crippen LogP contribution is -2.21. The fraction of sp³-hybridized carbons (Fsp3) is 1.00. The fourth-order valence-corrected chi connectivity index (χ4v) is 1.45. The van der Waals surface area contributed by atoms with Crippen molar-refractivity contribution >= 4 is 0 Å². The molecule has 0 atom stereocenters. The van der Waals surface area contributed by atoms with Crippen molar-refractivity contribution in [3.8, 4) is 0 Å². The number of ether oxygens (including phenoxy) is 3. The zero-order valence-corrected chi connectivity index (χ0v) is 11.7. The van der Waals surface area contributed by atoms with Gasteiger partial charge in [0.25, 0.3) is 0 Å². The van der Waals surface area contributed by atoms with Crippen LogP contribution in [-0.4, -0.2) is 64.9 Å². The number of methoxy groups -OCH3 is 1. The molecule has 0 aromatic rings. The average molecular weight is 263 g/mol. The summed E-state index contributed by atoms with van der Waals surface area (Å²) in [4.78, 5) is 0. The summed E-state index contributed by atoms with van der Waals surface area (Å²) in [6, 6.07) is 0. The smallest absolute Gasteiger partial charge is 0.0701 e. The molecule has 0 heterocycles. The van der Waals surface area contributed by atoms with Crippen molar-refractivity contribution in [2.24, 2.45) is 0 Å². The Morgan fingerprint density at radius 2 is 1.44 bits per heavy atom. The number of hydrogen-bond donors (Lipinski definition) is 2. The molecule has 0 saturated heterocycles. The predicted molar refractivity (Wildman–Crippen MR) is 71.9 cm³/mol. The van der Waals surface area contributed by atoms with Crippen molar-refractivity contribution in [3.63, 3.8) is 0 Å². The van der Waals surface area contributed by atoms with Crippen LogP contribution in [0, 0.1) is 0 Å². The molecule has 0 unspecified atom stereocenters. The molecule has 2 N–H and O–H groups in total. The molecule has 0 rings (SSSR count). The number of nitrogens with one attached hydrogen (secondary N) is 1. The molecule has 0 aliphatic heterocycles. The molecule has 0 fully saturated rings. The van der Waals surface area contributed by atoms with Gasteiger partial charge in [0.2, 0.25) is 0 Å². The van der Waals surface area contributed by atoms with E-state index in [-0.39, 0.29) is 0 Å². The largest absolute Gasteiger partial charge is 0.396 e. The first-order valence-electron chi connectivity index (χ1n) is 6.87. The maximum Gasteiger partial charge on any atom is 0.0701 e. The molecule has 0 bridgehead atoms. The maximum absolute atomic E-state index is 8.61. The van der Waals surface area contributed by atoms with Gasteiger partial charge in [-0.05, 0) is 19.4 Å². The van der Waals surface area contributed by atoms with E-state index in [9.17, 15) is 0 Å². The maximum atomic E-state index is 8.61. The highest BCUT2D eigenvalue weighted by Gasteiger charge is 1.92. The van der Waals surface area contributed by atoms with Crippen molar-refractivity contribution in [3.05, 3.63) is 0 Å². The number of unbranched alkanes of at least 4 members (excludes halogenated alkanes) is 3. The van der Waals surface area contributed by atoms with Crippen LogP contribution in [0.1, 0.15) is 25.7 Å². The van der Waals surface area contributed by atoms with E-state index in [2.05, 4.69) is 5.32 Å². The Bertz CT molecular complexity index is 131. The van der Waals surface area contributed by atoms with E-state index in [4.69, 9.17) is 19.3 Å². The molecule has 0 radical (unpaired) electrons. The highest BCUT2D eigenvalue weighted by molar-refractivity contribution is 4.48. The molecule has 0 saturated carbocycles. The Hall–Kier alpha value is -0.200. The van der Waals surface area contributed by atoms with E-state index < -0.39 is 0 Å². The molecule has 0 amide bonds. The molecule has 0 aromatic carbocycles. The summed E-state index contributed by atoms with van der Waals surface area (Å²) >= 11 is 0. The van der Waals surface area contributed by atoms with Crippen LogP contribution in [0.4, 0.5) is 0 Å². The Labute approximate surface area is 111 Å². The monoisotopic (exact) mass is 263 g/mol.